The highest BCUT2D eigenvalue weighted by atomic mass is 16.6. The summed E-state index contributed by atoms with van der Waals surface area (Å²) in [6, 6.07) is 1.20. The fourth-order valence-corrected chi connectivity index (χ4v) is 5.40. The standard InChI is InChI=1S/C19H32N4O3/c1-2-26-18(25)22-11-6-19(14-22)12-16(13-19)21-9-4-15(5-10-21)23-8-3-7-20-17(23)24/h15-16H,2-14H2,1H3,(H,20,24). The summed E-state index contributed by atoms with van der Waals surface area (Å²) < 4.78 is 5.15. The molecule has 0 unspecified atom stereocenters. The van der Waals surface area contributed by atoms with Crippen LogP contribution in [-0.4, -0.2) is 84.8 Å². The van der Waals surface area contributed by atoms with Crippen molar-refractivity contribution >= 4 is 12.1 Å². The zero-order chi connectivity index (χ0) is 18.1. The van der Waals surface area contributed by atoms with Gasteiger partial charge in [-0.2, -0.15) is 0 Å². The molecule has 1 N–H and O–H groups in total. The van der Waals surface area contributed by atoms with Crippen molar-refractivity contribution in [1.29, 1.82) is 0 Å². The summed E-state index contributed by atoms with van der Waals surface area (Å²) in [6.07, 6.45) is 6.63. The second-order valence-corrected chi connectivity index (χ2v) is 8.48. The lowest BCUT2D eigenvalue weighted by atomic mass is 9.64. The minimum Gasteiger partial charge on any atom is -0.450 e. The largest absolute Gasteiger partial charge is 0.450 e. The van der Waals surface area contributed by atoms with Crippen LogP contribution in [0.4, 0.5) is 9.59 Å². The molecule has 3 saturated heterocycles. The summed E-state index contributed by atoms with van der Waals surface area (Å²) in [5.41, 5.74) is 0.334. The van der Waals surface area contributed by atoms with Crippen LogP contribution in [0.25, 0.3) is 0 Å². The number of urea groups is 1. The van der Waals surface area contributed by atoms with E-state index in [1.54, 1.807) is 0 Å². The highest BCUT2D eigenvalue weighted by molar-refractivity contribution is 5.75. The van der Waals surface area contributed by atoms with Crippen molar-refractivity contribution in [3.05, 3.63) is 0 Å². The molecule has 3 heterocycles. The van der Waals surface area contributed by atoms with Gasteiger partial charge in [0.05, 0.1) is 6.61 Å². The normalized spacial score (nSPS) is 33.3. The molecule has 7 nitrogen and oxygen atoms in total. The van der Waals surface area contributed by atoms with Crippen LogP contribution >= 0.6 is 0 Å². The van der Waals surface area contributed by atoms with E-state index < -0.39 is 0 Å². The molecule has 3 aliphatic heterocycles. The number of amides is 3. The number of ether oxygens (including phenoxy) is 1. The Morgan fingerprint density at radius 3 is 2.65 bits per heavy atom. The summed E-state index contributed by atoms with van der Waals surface area (Å²) >= 11 is 0. The third-order valence-corrected chi connectivity index (χ3v) is 6.87. The first kappa shape index (κ1) is 17.9. The van der Waals surface area contributed by atoms with Crippen LogP contribution < -0.4 is 5.32 Å². The molecule has 0 aromatic heterocycles. The van der Waals surface area contributed by atoms with Gasteiger partial charge >= 0.3 is 12.1 Å². The number of piperidine rings is 1. The Kier molecular flexibility index (Phi) is 4.99. The van der Waals surface area contributed by atoms with E-state index in [1.807, 2.05) is 11.8 Å². The summed E-state index contributed by atoms with van der Waals surface area (Å²) in [4.78, 5) is 30.5. The first-order valence-electron chi connectivity index (χ1n) is 10.3. The van der Waals surface area contributed by atoms with Crippen molar-refractivity contribution in [2.75, 3.05) is 45.9 Å². The number of carbonyl (C=O) groups is 2. The second-order valence-electron chi connectivity index (χ2n) is 8.48. The van der Waals surface area contributed by atoms with Crippen molar-refractivity contribution in [1.82, 2.24) is 20.0 Å². The molecule has 1 aliphatic carbocycles. The molecule has 0 bridgehead atoms. The van der Waals surface area contributed by atoms with Crippen LogP contribution in [0.15, 0.2) is 0 Å². The Morgan fingerprint density at radius 1 is 1.19 bits per heavy atom. The number of hydrogen-bond acceptors (Lipinski definition) is 4. The number of nitrogens with one attached hydrogen (secondary N) is 1. The predicted octanol–water partition coefficient (Wildman–Crippen LogP) is 1.88. The van der Waals surface area contributed by atoms with E-state index in [-0.39, 0.29) is 12.1 Å². The molecular weight excluding hydrogens is 332 g/mol. The third-order valence-electron chi connectivity index (χ3n) is 6.87. The van der Waals surface area contributed by atoms with Crippen LogP contribution in [0, 0.1) is 5.41 Å². The molecule has 26 heavy (non-hydrogen) atoms. The zero-order valence-corrected chi connectivity index (χ0v) is 15.9. The van der Waals surface area contributed by atoms with E-state index in [1.165, 1.54) is 12.8 Å². The van der Waals surface area contributed by atoms with Gasteiger partial charge in [-0.05, 0) is 50.9 Å². The SMILES string of the molecule is CCOC(=O)N1CCC2(CC(N3CCC(N4CCCNC4=O)CC3)C2)C1. The Balaban J connectivity index is 1.22. The van der Waals surface area contributed by atoms with Gasteiger partial charge in [-0.15, -0.1) is 0 Å². The van der Waals surface area contributed by atoms with Gasteiger partial charge in [-0.3, -0.25) is 0 Å². The Bertz CT molecular complexity index is 541. The molecule has 1 spiro atoms. The van der Waals surface area contributed by atoms with E-state index >= 15 is 0 Å². The maximum atomic E-state index is 12.0. The van der Waals surface area contributed by atoms with Gasteiger partial charge < -0.3 is 24.8 Å². The fraction of sp³-hybridized carbons (Fsp3) is 0.895. The molecular formula is C19H32N4O3. The van der Waals surface area contributed by atoms with Crippen LogP contribution in [-0.2, 0) is 4.74 Å². The Hall–Kier alpha value is -1.50. The van der Waals surface area contributed by atoms with E-state index in [2.05, 4.69) is 15.1 Å². The van der Waals surface area contributed by atoms with E-state index in [4.69, 9.17) is 4.74 Å². The van der Waals surface area contributed by atoms with Gasteiger partial charge in [0.25, 0.3) is 0 Å². The predicted molar refractivity (Wildman–Crippen MR) is 98.0 cm³/mol. The smallest absolute Gasteiger partial charge is 0.409 e. The van der Waals surface area contributed by atoms with Gasteiger partial charge in [0.2, 0.25) is 0 Å². The molecule has 0 radical (unpaired) electrons. The number of hydrogen-bond donors (Lipinski definition) is 1. The average Bonchev–Trinajstić information content (AvgIpc) is 3.07. The van der Waals surface area contributed by atoms with E-state index in [9.17, 15) is 9.59 Å². The Morgan fingerprint density at radius 2 is 1.96 bits per heavy atom. The van der Waals surface area contributed by atoms with Gasteiger partial charge in [0.1, 0.15) is 0 Å². The molecule has 146 valence electrons. The van der Waals surface area contributed by atoms with Crippen LogP contribution in [0.1, 0.15) is 45.4 Å². The molecule has 3 amide bonds. The molecule has 4 rings (SSSR count). The first-order valence-corrected chi connectivity index (χ1v) is 10.3. The van der Waals surface area contributed by atoms with Crippen LogP contribution in [0.5, 0.6) is 0 Å². The van der Waals surface area contributed by atoms with E-state index in [0.29, 0.717) is 24.1 Å². The number of rotatable bonds is 3. The lowest BCUT2D eigenvalue weighted by Gasteiger charge is -2.52. The molecule has 4 aliphatic rings. The number of likely N-dealkylation sites (tertiary alicyclic amines) is 2. The topological polar surface area (TPSA) is 65.1 Å². The molecule has 0 aromatic carbocycles. The van der Waals surface area contributed by atoms with Gasteiger partial charge in [0.15, 0.2) is 0 Å². The fourth-order valence-electron chi connectivity index (χ4n) is 5.40. The molecule has 0 aromatic rings. The summed E-state index contributed by atoms with van der Waals surface area (Å²) in [5.74, 6) is 0. The lowest BCUT2D eigenvalue weighted by Crippen LogP contribution is -2.58. The highest BCUT2D eigenvalue weighted by Gasteiger charge is 2.51. The maximum Gasteiger partial charge on any atom is 0.409 e. The van der Waals surface area contributed by atoms with Crippen LogP contribution in [0.3, 0.4) is 0 Å². The molecule has 7 heteroatoms. The van der Waals surface area contributed by atoms with Crippen molar-refractivity contribution in [2.24, 2.45) is 5.41 Å². The summed E-state index contributed by atoms with van der Waals surface area (Å²) in [7, 11) is 0. The summed E-state index contributed by atoms with van der Waals surface area (Å²) in [5, 5.41) is 2.97. The number of nitrogens with zero attached hydrogens (tertiary/aromatic N) is 3. The summed E-state index contributed by atoms with van der Waals surface area (Å²) in [6.45, 7) is 7.95. The molecule has 0 atom stereocenters. The minimum atomic E-state index is -0.145. The zero-order valence-electron chi connectivity index (χ0n) is 15.9. The van der Waals surface area contributed by atoms with Crippen molar-refractivity contribution < 1.29 is 14.3 Å². The lowest BCUT2D eigenvalue weighted by molar-refractivity contribution is -0.0132. The Labute approximate surface area is 156 Å². The highest BCUT2D eigenvalue weighted by Crippen LogP contribution is 2.50. The molecule has 4 fully saturated rings. The quantitative estimate of drug-likeness (QED) is 0.830. The van der Waals surface area contributed by atoms with E-state index in [0.717, 1.165) is 65.0 Å². The minimum absolute atomic E-state index is 0.127. The molecule has 1 saturated carbocycles. The van der Waals surface area contributed by atoms with Crippen LogP contribution in [0.2, 0.25) is 0 Å². The second kappa shape index (κ2) is 7.25. The maximum absolute atomic E-state index is 12.0. The van der Waals surface area contributed by atoms with Gasteiger partial charge in [-0.25, -0.2) is 9.59 Å². The number of carbonyl (C=O) groups excluding carboxylic acids is 2. The first-order chi connectivity index (χ1) is 12.6. The average molecular weight is 364 g/mol. The van der Waals surface area contributed by atoms with Gasteiger partial charge in [0, 0.05) is 51.4 Å². The van der Waals surface area contributed by atoms with Crippen molar-refractivity contribution in [2.45, 2.75) is 57.5 Å². The van der Waals surface area contributed by atoms with Crippen molar-refractivity contribution in [3.63, 3.8) is 0 Å². The third kappa shape index (κ3) is 3.38. The monoisotopic (exact) mass is 364 g/mol. The van der Waals surface area contributed by atoms with Crippen molar-refractivity contribution in [3.8, 4) is 0 Å². The van der Waals surface area contributed by atoms with Gasteiger partial charge in [-0.1, -0.05) is 0 Å².